The van der Waals surface area contributed by atoms with E-state index in [2.05, 4.69) is 26.0 Å². The highest BCUT2D eigenvalue weighted by Gasteiger charge is 2.13. The van der Waals surface area contributed by atoms with Gasteiger partial charge in [-0.15, -0.1) is 0 Å². The number of aromatic nitrogens is 1. The van der Waals surface area contributed by atoms with Crippen molar-refractivity contribution in [2.45, 2.75) is 25.9 Å². The Morgan fingerprint density at radius 3 is 2.35 bits per heavy atom. The van der Waals surface area contributed by atoms with Crippen molar-refractivity contribution in [2.75, 3.05) is 0 Å². The molecule has 17 heavy (non-hydrogen) atoms. The summed E-state index contributed by atoms with van der Waals surface area (Å²) < 4.78 is 1.95. The van der Waals surface area contributed by atoms with E-state index in [1.54, 1.807) is 0 Å². The number of aliphatic hydroxyl groups is 1. The van der Waals surface area contributed by atoms with E-state index in [4.69, 9.17) is 0 Å². The molecule has 0 saturated heterocycles. The molecule has 2 heteroatoms. The van der Waals surface area contributed by atoms with E-state index in [-0.39, 0.29) is 0 Å². The molecule has 0 bridgehead atoms. The Morgan fingerprint density at radius 2 is 1.76 bits per heavy atom. The van der Waals surface area contributed by atoms with Gasteiger partial charge < -0.3 is 9.67 Å². The Balaban J connectivity index is 2.34. The maximum atomic E-state index is 10.3. The van der Waals surface area contributed by atoms with Crippen molar-refractivity contribution in [1.29, 1.82) is 0 Å². The second kappa shape index (κ2) is 4.76. The second-order valence-electron chi connectivity index (χ2n) is 4.77. The third-order valence-corrected chi connectivity index (χ3v) is 3.16. The first-order valence-corrected chi connectivity index (χ1v) is 5.98. The molecule has 0 radical (unpaired) electrons. The summed E-state index contributed by atoms with van der Waals surface area (Å²) in [5.74, 6) is 0.482. The summed E-state index contributed by atoms with van der Waals surface area (Å²) in [6, 6.07) is 12.1. The molecule has 0 saturated carbocycles. The highest BCUT2D eigenvalue weighted by atomic mass is 16.3. The van der Waals surface area contributed by atoms with Gasteiger partial charge in [0.05, 0.1) is 5.69 Å². The summed E-state index contributed by atoms with van der Waals surface area (Å²) in [7, 11) is 1.95. The Kier molecular flexibility index (Phi) is 3.34. The molecule has 2 nitrogen and oxygen atoms in total. The standard InChI is InChI=1S/C15H19NO/c1-11(2)12-6-4-7-13(10-12)15(17)14-8-5-9-16(14)3/h4-11,15,17H,1-3H3/t15-/m0/s1. The molecule has 1 aromatic carbocycles. The Bertz CT molecular complexity index is 499. The Morgan fingerprint density at radius 1 is 1.06 bits per heavy atom. The monoisotopic (exact) mass is 229 g/mol. The molecule has 0 unspecified atom stereocenters. The van der Waals surface area contributed by atoms with Gasteiger partial charge in [-0.2, -0.15) is 0 Å². The van der Waals surface area contributed by atoms with Crippen molar-refractivity contribution in [3.8, 4) is 0 Å². The molecule has 1 N–H and O–H groups in total. The summed E-state index contributed by atoms with van der Waals surface area (Å²) in [6.45, 7) is 4.32. The van der Waals surface area contributed by atoms with Gasteiger partial charge in [-0.3, -0.25) is 0 Å². The number of aliphatic hydroxyl groups excluding tert-OH is 1. The molecule has 90 valence electrons. The van der Waals surface area contributed by atoms with Gasteiger partial charge in [0, 0.05) is 13.2 Å². The molecule has 2 aromatic rings. The average molecular weight is 229 g/mol. The lowest BCUT2D eigenvalue weighted by molar-refractivity contribution is 0.211. The largest absolute Gasteiger partial charge is 0.382 e. The van der Waals surface area contributed by atoms with Crippen LogP contribution in [0.1, 0.15) is 42.7 Å². The van der Waals surface area contributed by atoms with E-state index >= 15 is 0 Å². The summed E-state index contributed by atoms with van der Waals surface area (Å²) in [5, 5.41) is 10.3. The zero-order chi connectivity index (χ0) is 12.4. The molecule has 2 rings (SSSR count). The van der Waals surface area contributed by atoms with Gasteiger partial charge in [-0.05, 0) is 29.2 Å². The predicted octanol–water partition coefficient (Wildman–Crippen LogP) is 3.23. The quantitative estimate of drug-likeness (QED) is 0.858. The van der Waals surface area contributed by atoms with Gasteiger partial charge in [0.15, 0.2) is 0 Å². The molecule has 1 aromatic heterocycles. The fourth-order valence-electron chi connectivity index (χ4n) is 2.02. The molecule has 1 atom stereocenters. The number of hydrogen-bond donors (Lipinski definition) is 1. The molecule has 0 fully saturated rings. The van der Waals surface area contributed by atoms with Crippen LogP contribution in [0.5, 0.6) is 0 Å². The molecule has 0 amide bonds. The lowest BCUT2D eigenvalue weighted by atomic mass is 9.98. The Hall–Kier alpha value is -1.54. The van der Waals surface area contributed by atoms with E-state index in [9.17, 15) is 5.11 Å². The van der Waals surface area contributed by atoms with Crippen molar-refractivity contribution in [3.63, 3.8) is 0 Å². The van der Waals surface area contributed by atoms with E-state index in [1.807, 2.05) is 42.1 Å². The Labute approximate surface area is 103 Å². The minimum Gasteiger partial charge on any atom is -0.382 e. The van der Waals surface area contributed by atoms with Crippen LogP contribution in [-0.4, -0.2) is 9.67 Å². The number of rotatable bonds is 3. The van der Waals surface area contributed by atoms with Crippen LogP contribution in [0.4, 0.5) is 0 Å². The highest BCUT2D eigenvalue weighted by molar-refractivity contribution is 5.31. The van der Waals surface area contributed by atoms with Crippen LogP contribution >= 0.6 is 0 Å². The third kappa shape index (κ3) is 2.42. The van der Waals surface area contributed by atoms with E-state index < -0.39 is 6.10 Å². The average Bonchev–Trinajstić information content (AvgIpc) is 2.74. The van der Waals surface area contributed by atoms with Crippen molar-refractivity contribution in [2.24, 2.45) is 7.05 Å². The van der Waals surface area contributed by atoms with Gasteiger partial charge in [0.25, 0.3) is 0 Å². The van der Waals surface area contributed by atoms with Gasteiger partial charge in [-0.1, -0.05) is 38.1 Å². The van der Waals surface area contributed by atoms with Crippen LogP contribution in [0.15, 0.2) is 42.6 Å². The normalized spacial score (nSPS) is 13.0. The van der Waals surface area contributed by atoms with Crippen LogP contribution in [0.3, 0.4) is 0 Å². The SMILES string of the molecule is CC(C)c1cccc([C@H](O)c2cccn2C)c1. The number of benzene rings is 1. The van der Waals surface area contributed by atoms with Crippen LogP contribution in [0.2, 0.25) is 0 Å². The van der Waals surface area contributed by atoms with Crippen molar-refractivity contribution >= 4 is 0 Å². The number of nitrogens with zero attached hydrogens (tertiary/aromatic N) is 1. The fourth-order valence-corrected chi connectivity index (χ4v) is 2.02. The lowest BCUT2D eigenvalue weighted by Crippen LogP contribution is -2.05. The first-order chi connectivity index (χ1) is 8.09. The van der Waals surface area contributed by atoms with Crippen LogP contribution in [0.25, 0.3) is 0 Å². The topological polar surface area (TPSA) is 25.2 Å². The van der Waals surface area contributed by atoms with E-state index in [0.717, 1.165) is 11.3 Å². The summed E-state index contributed by atoms with van der Waals surface area (Å²) in [4.78, 5) is 0. The maximum Gasteiger partial charge on any atom is 0.119 e. The lowest BCUT2D eigenvalue weighted by Gasteiger charge is -2.14. The number of aryl methyl sites for hydroxylation is 1. The van der Waals surface area contributed by atoms with Crippen molar-refractivity contribution in [3.05, 3.63) is 59.4 Å². The first-order valence-electron chi connectivity index (χ1n) is 5.98. The van der Waals surface area contributed by atoms with Crippen molar-refractivity contribution in [1.82, 2.24) is 4.57 Å². The molecule has 0 aliphatic carbocycles. The maximum absolute atomic E-state index is 10.3. The van der Waals surface area contributed by atoms with Gasteiger partial charge in [0.1, 0.15) is 6.10 Å². The van der Waals surface area contributed by atoms with E-state index in [0.29, 0.717) is 5.92 Å². The molecule has 1 heterocycles. The minimum absolute atomic E-state index is 0.482. The van der Waals surface area contributed by atoms with Gasteiger partial charge in [0.2, 0.25) is 0 Å². The van der Waals surface area contributed by atoms with Gasteiger partial charge in [-0.25, -0.2) is 0 Å². The second-order valence-corrected chi connectivity index (χ2v) is 4.77. The zero-order valence-corrected chi connectivity index (χ0v) is 10.6. The summed E-state index contributed by atoms with van der Waals surface area (Å²) >= 11 is 0. The van der Waals surface area contributed by atoms with Crippen molar-refractivity contribution < 1.29 is 5.11 Å². The molecular weight excluding hydrogens is 210 g/mol. The summed E-state index contributed by atoms with van der Waals surface area (Å²) in [6.07, 6.45) is 1.40. The van der Waals surface area contributed by atoms with Crippen LogP contribution in [0, 0.1) is 0 Å². The van der Waals surface area contributed by atoms with Gasteiger partial charge >= 0.3 is 0 Å². The molecule has 0 aliphatic heterocycles. The molecular formula is C15H19NO. The molecule has 0 aliphatic rings. The first kappa shape index (κ1) is 11.9. The smallest absolute Gasteiger partial charge is 0.119 e. The zero-order valence-electron chi connectivity index (χ0n) is 10.6. The minimum atomic E-state index is -0.548. The fraction of sp³-hybridized carbons (Fsp3) is 0.333. The summed E-state index contributed by atoms with van der Waals surface area (Å²) in [5.41, 5.74) is 3.14. The van der Waals surface area contributed by atoms with E-state index in [1.165, 1.54) is 5.56 Å². The molecule has 0 spiro atoms. The third-order valence-electron chi connectivity index (χ3n) is 3.16. The van der Waals surface area contributed by atoms with Crippen LogP contribution < -0.4 is 0 Å². The predicted molar refractivity (Wildman–Crippen MR) is 70.0 cm³/mol. The number of hydrogen-bond acceptors (Lipinski definition) is 1. The van der Waals surface area contributed by atoms with Crippen LogP contribution in [-0.2, 0) is 7.05 Å². The highest BCUT2D eigenvalue weighted by Crippen LogP contribution is 2.24.